The van der Waals surface area contributed by atoms with Crippen LogP contribution in [0, 0.1) is 5.92 Å². The largest absolute Gasteiger partial charge is 0.466 e. The van der Waals surface area contributed by atoms with Crippen LogP contribution in [0.5, 0.6) is 0 Å². The minimum atomic E-state index is -0.0664. The molecule has 0 rings (SSSR count). The van der Waals surface area contributed by atoms with Crippen LogP contribution in [-0.4, -0.2) is 19.1 Å². The highest BCUT2D eigenvalue weighted by atomic mass is 16.5. The fourth-order valence-electron chi connectivity index (χ4n) is 1.86. The predicted molar refractivity (Wildman–Crippen MR) is 76.4 cm³/mol. The first-order valence-electron chi connectivity index (χ1n) is 7.52. The van der Waals surface area contributed by atoms with Crippen LogP contribution < -0.4 is 5.73 Å². The zero-order valence-electron chi connectivity index (χ0n) is 12.2. The maximum atomic E-state index is 11.3. The van der Waals surface area contributed by atoms with Crippen LogP contribution in [0.25, 0.3) is 0 Å². The van der Waals surface area contributed by atoms with E-state index in [0.717, 1.165) is 25.2 Å². The molecule has 0 heterocycles. The summed E-state index contributed by atoms with van der Waals surface area (Å²) in [6.07, 6.45) is 9.69. The fourth-order valence-corrected chi connectivity index (χ4v) is 1.86. The number of hydrogen-bond acceptors (Lipinski definition) is 3. The molecule has 0 unspecified atom stereocenters. The zero-order valence-corrected chi connectivity index (χ0v) is 12.2. The fraction of sp³-hybridized carbons (Fsp3) is 0.933. The molecule has 0 spiro atoms. The lowest BCUT2D eigenvalue weighted by atomic mass is 10.0. The average Bonchev–Trinajstić information content (AvgIpc) is 2.32. The Bertz CT molecular complexity index is 193. The molecule has 0 aliphatic rings. The quantitative estimate of drug-likeness (QED) is 0.429. The third kappa shape index (κ3) is 13.5. The van der Waals surface area contributed by atoms with Gasteiger partial charge < -0.3 is 10.5 Å². The molecule has 3 nitrogen and oxygen atoms in total. The predicted octanol–water partition coefficient (Wildman–Crippen LogP) is 3.66. The van der Waals surface area contributed by atoms with Crippen molar-refractivity contribution in [2.75, 3.05) is 13.2 Å². The van der Waals surface area contributed by atoms with Gasteiger partial charge in [0.05, 0.1) is 6.61 Å². The Kier molecular flexibility index (Phi) is 12.5. The molecule has 0 aromatic heterocycles. The van der Waals surface area contributed by atoms with Gasteiger partial charge in [0.2, 0.25) is 0 Å². The summed E-state index contributed by atoms with van der Waals surface area (Å²) in [6, 6.07) is 0. The van der Waals surface area contributed by atoms with Crippen molar-refractivity contribution in [3.63, 3.8) is 0 Å². The van der Waals surface area contributed by atoms with Crippen LogP contribution >= 0.6 is 0 Å². The standard InChI is InChI=1S/C15H31NO2/c1-14(2)10-6-4-3-5-9-13-18-15(17)11-7-8-12-16/h14H,3-13,16H2,1-2H3. The molecule has 0 aliphatic heterocycles. The van der Waals surface area contributed by atoms with Crippen molar-refractivity contribution < 1.29 is 9.53 Å². The Labute approximate surface area is 112 Å². The highest BCUT2D eigenvalue weighted by molar-refractivity contribution is 5.69. The number of unbranched alkanes of at least 4 members (excludes halogenated alkanes) is 5. The Balaban J connectivity index is 3.12. The first-order valence-corrected chi connectivity index (χ1v) is 7.52. The second-order valence-electron chi connectivity index (χ2n) is 5.42. The summed E-state index contributed by atoms with van der Waals surface area (Å²) in [5.41, 5.74) is 5.36. The van der Waals surface area contributed by atoms with Crippen LogP contribution in [0.1, 0.15) is 71.6 Å². The van der Waals surface area contributed by atoms with Gasteiger partial charge in [-0.15, -0.1) is 0 Å². The number of ether oxygens (including phenoxy) is 1. The van der Waals surface area contributed by atoms with E-state index < -0.39 is 0 Å². The molecule has 0 amide bonds. The van der Waals surface area contributed by atoms with Gasteiger partial charge in [0.25, 0.3) is 0 Å². The third-order valence-electron chi connectivity index (χ3n) is 3.02. The number of carbonyl (C=O) groups is 1. The molecule has 18 heavy (non-hydrogen) atoms. The highest BCUT2D eigenvalue weighted by Crippen LogP contribution is 2.10. The van der Waals surface area contributed by atoms with Gasteiger partial charge in [-0.25, -0.2) is 0 Å². The second kappa shape index (κ2) is 12.9. The normalized spacial score (nSPS) is 10.9. The summed E-state index contributed by atoms with van der Waals surface area (Å²) in [6.45, 7) is 5.78. The molecule has 0 aromatic rings. The van der Waals surface area contributed by atoms with Crippen LogP contribution in [0.15, 0.2) is 0 Å². The van der Waals surface area contributed by atoms with Crippen molar-refractivity contribution in [2.45, 2.75) is 71.6 Å². The maximum Gasteiger partial charge on any atom is 0.305 e. The van der Waals surface area contributed by atoms with Crippen LogP contribution in [0.3, 0.4) is 0 Å². The lowest BCUT2D eigenvalue weighted by Crippen LogP contribution is -2.07. The summed E-state index contributed by atoms with van der Waals surface area (Å²) >= 11 is 0. The van der Waals surface area contributed by atoms with E-state index >= 15 is 0 Å². The molecular weight excluding hydrogens is 226 g/mol. The molecule has 3 heteroatoms. The Hall–Kier alpha value is -0.570. The van der Waals surface area contributed by atoms with E-state index in [0.29, 0.717) is 19.6 Å². The summed E-state index contributed by atoms with van der Waals surface area (Å²) < 4.78 is 5.15. The van der Waals surface area contributed by atoms with Crippen molar-refractivity contribution in [3.05, 3.63) is 0 Å². The first kappa shape index (κ1) is 17.4. The van der Waals surface area contributed by atoms with Gasteiger partial charge in [-0.3, -0.25) is 4.79 Å². The van der Waals surface area contributed by atoms with Crippen LogP contribution in [-0.2, 0) is 9.53 Å². The topological polar surface area (TPSA) is 52.3 Å². The lowest BCUT2D eigenvalue weighted by molar-refractivity contribution is -0.143. The van der Waals surface area contributed by atoms with Gasteiger partial charge in [-0.05, 0) is 31.7 Å². The van der Waals surface area contributed by atoms with E-state index in [1.165, 1.54) is 32.1 Å². The molecule has 0 fully saturated rings. The molecule has 2 N–H and O–H groups in total. The number of carbonyl (C=O) groups excluding carboxylic acids is 1. The van der Waals surface area contributed by atoms with Gasteiger partial charge in [0, 0.05) is 6.42 Å². The molecular formula is C15H31NO2. The molecule has 108 valence electrons. The Morgan fingerprint density at radius 2 is 1.67 bits per heavy atom. The average molecular weight is 257 g/mol. The Morgan fingerprint density at radius 3 is 2.33 bits per heavy atom. The van der Waals surface area contributed by atoms with E-state index in [1.807, 2.05) is 0 Å². The van der Waals surface area contributed by atoms with E-state index in [4.69, 9.17) is 10.5 Å². The lowest BCUT2D eigenvalue weighted by Gasteiger charge is -2.05. The number of rotatable bonds is 12. The number of hydrogen-bond donors (Lipinski definition) is 1. The zero-order chi connectivity index (χ0) is 13.6. The van der Waals surface area contributed by atoms with Crippen molar-refractivity contribution in [2.24, 2.45) is 11.7 Å². The SMILES string of the molecule is CC(C)CCCCCCCOC(=O)CCCCN. The molecule has 0 saturated heterocycles. The monoisotopic (exact) mass is 257 g/mol. The van der Waals surface area contributed by atoms with Crippen molar-refractivity contribution in [3.8, 4) is 0 Å². The van der Waals surface area contributed by atoms with Gasteiger partial charge in [-0.2, -0.15) is 0 Å². The Morgan fingerprint density at radius 1 is 1.00 bits per heavy atom. The first-order chi connectivity index (χ1) is 8.66. The minimum absolute atomic E-state index is 0.0664. The summed E-state index contributed by atoms with van der Waals surface area (Å²) in [4.78, 5) is 11.3. The summed E-state index contributed by atoms with van der Waals surface area (Å²) in [5, 5.41) is 0. The van der Waals surface area contributed by atoms with Crippen molar-refractivity contribution in [1.29, 1.82) is 0 Å². The van der Waals surface area contributed by atoms with Crippen LogP contribution in [0.2, 0.25) is 0 Å². The third-order valence-corrected chi connectivity index (χ3v) is 3.02. The van der Waals surface area contributed by atoms with Crippen molar-refractivity contribution in [1.82, 2.24) is 0 Å². The molecule has 0 bridgehead atoms. The van der Waals surface area contributed by atoms with E-state index in [-0.39, 0.29) is 5.97 Å². The smallest absolute Gasteiger partial charge is 0.305 e. The second-order valence-corrected chi connectivity index (χ2v) is 5.42. The number of esters is 1. The molecule has 0 saturated carbocycles. The van der Waals surface area contributed by atoms with Gasteiger partial charge in [0.1, 0.15) is 0 Å². The summed E-state index contributed by atoms with van der Waals surface area (Å²) in [5.74, 6) is 0.753. The molecule has 0 aliphatic carbocycles. The minimum Gasteiger partial charge on any atom is -0.466 e. The van der Waals surface area contributed by atoms with E-state index in [1.54, 1.807) is 0 Å². The molecule has 0 atom stereocenters. The van der Waals surface area contributed by atoms with Gasteiger partial charge >= 0.3 is 5.97 Å². The maximum absolute atomic E-state index is 11.3. The molecule has 0 radical (unpaired) electrons. The van der Waals surface area contributed by atoms with Gasteiger partial charge in [0.15, 0.2) is 0 Å². The van der Waals surface area contributed by atoms with Crippen LogP contribution in [0.4, 0.5) is 0 Å². The highest BCUT2D eigenvalue weighted by Gasteiger charge is 2.01. The van der Waals surface area contributed by atoms with Gasteiger partial charge in [-0.1, -0.05) is 46.0 Å². The number of nitrogens with two attached hydrogens (primary N) is 1. The molecule has 0 aromatic carbocycles. The summed E-state index contributed by atoms with van der Waals surface area (Å²) in [7, 11) is 0. The van der Waals surface area contributed by atoms with E-state index in [9.17, 15) is 4.79 Å². The van der Waals surface area contributed by atoms with Crippen molar-refractivity contribution >= 4 is 5.97 Å². The van der Waals surface area contributed by atoms with E-state index in [2.05, 4.69) is 13.8 Å².